The minimum atomic E-state index is 0.144. The highest BCUT2D eigenvalue weighted by Gasteiger charge is 2.00. The van der Waals surface area contributed by atoms with Crippen LogP contribution in [-0.2, 0) is 0 Å². The van der Waals surface area contributed by atoms with E-state index < -0.39 is 0 Å². The van der Waals surface area contributed by atoms with Gasteiger partial charge in [-0.2, -0.15) is 0 Å². The van der Waals surface area contributed by atoms with E-state index in [0.717, 1.165) is 22.2 Å². The van der Waals surface area contributed by atoms with Crippen LogP contribution in [-0.4, -0.2) is 11.1 Å². The van der Waals surface area contributed by atoms with Gasteiger partial charge in [0.1, 0.15) is 0 Å². The smallest absolute Gasteiger partial charge is 0.169 e. The van der Waals surface area contributed by atoms with Gasteiger partial charge in [0.25, 0.3) is 0 Å². The molecule has 0 atom stereocenters. The topological polar surface area (TPSA) is 17.1 Å². The molecule has 0 aliphatic rings. The fourth-order valence-electron chi connectivity index (χ4n) is 0.905. The number of halogens is 1. The van der Waals surface area contributed by atoms with Crippen LogP contribution in [0.5, 0.6) is 0 Å². The second-order valence-electron chi connectivity index (χ2n) is 2.68. The fraction of sp³-hybridized carbons (Fsp3) is 0.300. The zero-order valence-electron chi connectivity index (χ0n) is 7.42. The van der Waals surface area contributed by atoms with Crippen LogP contribution in [0.15, 0.2) is 17.5 Å². The predicted octanol–water partition coefficient (Wildman–Crippen LogP) is 3.75. The molecule has 0 N–H and O–H groups in total. The molecule has 0 aromatic carbocycles. The van der Waals surface area contributed by atoms with Gasteiger partial charge in [0.05, 0.1) is 4.88 Å². The van der Waals surface area contributed by atoms with Crippen LogP contribution >= 0.6 is 27.3 Å². The van der Waals surface area contributed by atoms with Crippen molar-refractivity contribution < 1.29 is 4.79 Å². The standard InChI is InChI=1S/C10H11BrOS/c1-8(12)10-6-9(7-13-10)4-2-3-5-11/h2,4,6-7H,3,5H2,1H3. The van der Waals surface area contributed by atoms with Gasteiger partial charge in [0.2, 0.25) is 0 Å². The summed E-state index contributed by atoms with van der Waals surface area (Å²) < 4.78 is 0. The number of allylic oxidation sites excluding steroid dienone is 1. The van der Waals surface area contributed by atoms with Crippen LogP contribution < -0.4 is 0 Å². The molecule has 0 saturated carbocycles. The Labute approximate surface area is 90.6 Å². The van der Waals surface area contributed by atoms with Gasteiger partial charge in [-0.15, -0.1) is 11.3 Å². The molecule has 0 bridgehead atoms. The van der Waals surface area contributed by atoms with E-state index in [0.29, 0.717) is 0 Å². The summed E-state index contributed by atoms with van der Waals surface area (Å²) in [5, 5.41) is 2.98. The molecule has 3 heteroatoms. The first-order chi connectivity index (χ1) is 6.24. The zero-order chi connectivity index (χ0) is 9.68. The number of hydrogen-bond donors (Lipinski definition) is 0. The van der Waals surface area contributed by atoms with Crippen LogP contribution in [0.3, 0.4) is 0 Å². The first-order valence-electron chi connectivity index (χ1n) is 4.06. The SMILES string of the molecule is CC(=O)c1cc(C=CCCBr)cs1. The van der Waals surface area contributed by atoms with Gasteiger partial charge in [-0.25, -0.2) is 0 Å². The van der Waals surface area contributed by atoms with E-state index in [4.69, 9.17) is 0 Å². The van der Waals surface area contributed by atoms with E-state index in [-0.39, 0.29) is 5.78 Å². The molecular weight excluding hydrogens is 248 g/mol. The number of ketones is 1. The van der Waals surface area contributed by atoms with Crippen LogP contribution in [0.4, 0.5) is 0 Å². The third-order valence-corrected chi connectivity index (χ3v) is 3.06. The van der Waals surface area contributed by atoms with E-state index in [1.165, 1.54) is 11.3 Å². The van der Waals surface area contributed by atoms with Gasteiger partial charge < -0.3 is 0 Å². The average Bonchev–Trinajstić information content (AvgIpc) is 2.53. The molecule has 0 unspecified atom stereocenters. The van der Waals surface area contributed by atoms with E-state index >= 15 is 0 Å². The lowest BCUT2D eigenvalue weighted by Gasteiger charge is -1.84. The van der Waals surface area contributed by atoms with Gasteiger partial charge in [-0.3, -0.25) is 4.79 Å². The zero-order valence-corrected chi connectivity index (χ0v) is 9.82. The van der Waals surface area contributed by atoms with Gasteiger partial charge in [-0.1, -0.05) is 28.1 Å². The summed E-state index contributed by atoms with van der Waals surface area (Å²) >= 11 is 4.85. The molecular formula is C10H11BrOS. The number of carbonyl (C=O) groups excluding carboxylic acids is 1. The fourth-order valence-corrected chi connectivity index (χ4v) is 1.95. The molecule has 1 aromatic rings. The maximum atomic E-state index is 11.0. The Kier molecular flexibility index (Phi) is 4.39. The van der Waals surface area contributed by atoms with Crippen molar-refractivity contribution in [2.75, 3.05) is 5.33 Å². The van der Waals surface area contributed by atoms with Crippen molar-refractivity contribution in [3.63, 3.8) is 0 Å². The Morgan fingerprint density at radius 2 is 2.46 bits per heavy atom. The molecule has 0 radical (unpaired) electrons. The first-order valence-corrected chi connectivity index (χ1v) is 6.06. The lowest BCUT2D eigenvalue weighted by Crippen LogP contribution is -1.83. The molecule has 1 rings (SSSR count). The molecule has 1 nitrogen and oxygen atoms in total. The van der Waals surface area contributed by atoms with E-state index in [9.17, 15) is 4.79 Å². The summed E-state index contributed by atoms with van der Waals surface area (Å²) in [5.41, 5.74) is 1.12. The Bertz CT molecular complexity index is 314. The summed E-state index contributed by atoms with van der Waals surface area (Å²) in [5.74, 6) is 0.144. The minimum Gasteiger partial charge on any atom is -0.294 e. The molecule has 0 aliphatic carbocycles. The number of hydrogen-bond acceptors (Lipinski definition) is 2. The molecule has 0 aliphatic heterocycles. The maximum absolute atomic E-state index is 11.0. The highest BCUT2D eigenvalue weighted by Crippen LogP contribution is 2.16. The third-order valence-electron chi connectivity index (χ3n) is 1.55. The lowest BCUT2D eigenvalue weighted by molar-refractivity contribution is 0.102. The Morgan fingerprint density at radius 1 is 1.69 bits per heavy atom. The van der Waals surface area contributed by atoms with Crippen LogP contribution in [0, 0.1) is 0 Å². The predicted molar refractivity (Wildman–Crippen MR) is 61.8 cm³/mol. The molecule has 0 fully saturated rings. The van der Waals surface area contributed by atoms with Crippen LogP contribution in [0.25, 0.3) is 6.08 Å². The first kappa shape index (κ1) is 10.7. The van der Waals surface area contributed by atoms with Crippen LogP contribution in [0.1, 0.15) is 28.6 Å². The summed E-state index contributed by atoms with van der Waals surface area (Å²) in [7, 11) is 0. The second-order valence-corrected chi connectivity index (χ2v) is 4.38. The van der Waals surface area contributed by atoms with E-state index in [1.807, 2.05) is 17.5 Å². The molecule has 0 spiro atoms. The van der Waals surface area contributed by atoms with Crippen LogP contribution in [0.2, 0.25) is 0 Å². The highest BCUT2D eigenvalue weighted by atomic mass is 79.9. The van der Waals surface area contributed by atoms with Gasteiger partial charge in [-0.05, 0) is 30.4 Å². The van der Waals surface area contributed by atoms with Crippen molar-refractivity contribution in [1.29, 1.82) is 0 Å². The van der Waals surface area contributed by atoms with E-state index in [1.54, 1.807) is 6.92 Å². The van der Waals surface area contributed by atoms with Gasteiger partial charge in [0, 0.05) is 5.33 Å². The minimum absolute atomic E-state index is 0.144. The Hall–Kier alpha value is -0.410. The molecule has 13 heavy (non-hydrogen) atoms. The van der Waals surface area contributed by atoms with Crippen molar-refractivity contribution >= 4 is 39.1 Å². The summed E-state index contributed by atoms with van der Waals surface area (Å²) in [6.45, 7) is 1.60. The van der Waals surface area contributed by atoms with Crippen molar-refractivity contribution in [3.05, 3.63) is 28.0 Å². The quantitative estimate of drug-likeness (QED) is 0.594. The number of carbonyl (C=O) groups is 1. The number of rotatable bonds is 4. The van der Waals surface area contributed by atoms with E-state index in [2.05, 4.69) is 22.0 Å². The molecule has 1 heterocycles. The van der Waals surface area contributed by atoms with Crippen molar-refractivity contribution in [3.8, 4) is 0 Å². The number of Topliss-reactive ketones (excluding diaryl/α,β-unsaturated/α-hetero) is 1. The average molecular weight is 259 g/mol. The van der Waals surface area contributed by atoms with Crippen molar-refractivity contribution in [2.45, 2.75) is 13.3 Å². The molecule has 70 valence electrons. The molecule has 0 amide bonds. The third kappa shape index (κ3) is 3.44. The number of alkyl halides is 1. The molecule has 1 aromatic heterocycles. The largest absolute Gasteiger partial charge is 0.294 e. The van der Waals surface area contributed by atoms with Gasteiger partial charge >= 0.3 is 0 Å². The lowest BCUT2D eigenvalue weighted by atomic mass is 10.2. The van der Waals surface area contributed by atoms with Crippen molar-refractivity contribution in [1.82, 2.24) is 0 Å². The number of thiophene rings is 1. The highest BCUT2D eigenvalue weighted by molar-refractivity contribution is 9.09. The van der Waals surface area contributed by atoms with Gasteiger partial charge in [0.15, 0.2) is 5.78 Å². The normalized spacial score (nSPS) is 10.9. The van der Waals surface area contributed by atoms with Crippen molar-refractivity contribution in [2.24, 2.45) is 0 Å². The summed E-state index contributed by atoms with van der Waals surface area (Å²) in [6, 6.07) is 1.93. The summed E-state index contributed by atoms with van der Waals surface area (Å²) in [4.78, 5) is 11.8. The second kappa shape index (κ2) is 5.35. The Balaban J connectivity index is 2.64. The Morgan fingerprint density at radius 3 is 3.00 bits per heavy atom. The monoisotopic (exact) mass is 258 g/mol. The summed E-state index contributed by atoms with van der Waals surface area (Å²) in [6.07, 6.45) is 5.16. The molecule has 0 saturated heterocycles. The maximum Gasteiger partial charge on any atom is 0.169 e.